The van der Waals surface area contributed by atoms with Crippen molar-refractivity contribution < 1.29 is 57.6 Å². The highest BCUT2D eigenvalue weighted by molar-refractivity contribution is 6.03. The lowest BCUT2D eigenvalue weighted by Gasteiger charge is -2.25. The van der Waals surface area contributed by atoms with Gasteiger partial charge >= 0.3 is 12.2 Å². The number of benzene rings is 1. The maximum absolute atomic E-state index is 12.8. The van der Waals surface area contributed by atoms with Gasteiger partial charge in [-0.05, 0) is 29.5 Å². The molecule has 7 amide bonds. The van der Waals surface area contributed by atoms with Crippen LogP contribution >= 0.6 is 0 Å². The minimum Gasteiger partial charge on any atom is -0.447 e. The van der Waals surface area contributed by atoms with E-state index in [4.69, 9.17) is 24.1 Å². The quantitative estimate of drug-likeness (QED) is 0.0863. The van der Waals surface area contributed by atoms with Crippen molar-refractivity contribution in [2.75, 3.05) is 84.7 Å². The van der Waals surface area contributed by atoms with Crippen molar-refractivity contribution in [1.29, 1.82) is 0 Å². The summed E-state index contributed by atoms with van der Waals surface area (Å²) in [6, 6.07) is 5.58. The first-order valence-electron chi connectivity index (χ1n) is 18.5. The Labute approximate surface area is 322 Å². The molecule has 0 aliphatic carbocycles. The molecular weight excluding hydrogens is 720 g/mol. The van der Waals surface area contributed by atoms with E-state index in [1.54, 1.807) is 57.0 Å². The third kappa shape index (κ3) is 16.6. The molecule has 2 unspecified atom stereocenters. The van der Waals surface area contributed by atoms with E-state index in [0.717, 1.165) is 0 Å². The maximum Gasteiger partial charge on any atom is 0.409 e. The molecule has 0 spiro atoms. The number of rotatable bonds is 24. The third-order valence-corrected chi connectivity index (χ3v) is 8.66. The van der Waals surface area contributed by atoms with Gasteiger partial charge < -0.3 is 49.8 Å². The number of anilines is 1. The number of nitrogens with one attached hydrogen (secondary N) is 3. The Morgan fingerprint density at radius 3 is 2.22 bits per heavy atom. The van der Waals surface area contributed by atoms with E-state index in [1.165, 1.54) is 9.80 Å². The first-order chi connectivity index (χ1) is 26.2. The predicted octanol–water partition coefficient (Wildman–Crippen LogP) is 1.36. The van der Waals surface area contributed by atoms with Crippen LogP contribution in [0.2, 0.25) is 0 Å². The van der Waals surface area contributed by atoms with E-state index in [2.05, 4.69) is 16.0 Å². The number of ether oxygens (including phenoxy) is 4. The average Bonchev–Trinajstić information content (AvgIpc) is 3.45. The van der Waals surface area contributed by atoms with E-state index in [0.29, 0.717) is 30.8 Å². The lowest BCUT2D eigenvalue weighted by atomic mass is 9.94. The summed E-state index contributed by atoms with van der Waals surface area (Å²) in [6.45, 7) is 9.94. The number of imide groups is 1. The van der Waals surface area contributed by atoms with Gasteiger partial charge in [-0.3, -0.25) is 28.9 Å². The molecule has 1 aromatic carbocycles. The van der Waals surface area contributed by atoms with Gasteiger partial charge in [0.15, 0.2) is 0 Å². The van der Waals surface area contributed by atoms with Crippen LogP contribution in [-0.4, -0.2) is 147 Å². The fraction of sp³-hybridized carbons (Fsp3) is 0.649. The van der Waals surface area contributed by atoms with Crippen LogP contribution in [0.25, 0.3) is 0 Å². The zero-order valence-electron chi connectivity index (χ0n) is 32.8. The molecule has 55 heavy (non-hydrogen) atoms. The number of carbonyl (C=O) groups excluding carboxylic acids is 7. The number of carbonyl (C=O) groups is 7. The standard InChI is InChI=1S/C37H58N6O12/c1-7-31(46)42(14-17-52-19-16-44)13-12-41(6)37(51)55-24-27-8-10-28(11-9-27)39-30(45)23-38-34(48)33(26(4)5)40-36(50)54-21-20-53-18-15-43-32(47)22-29(25(2)3)35(43)49/h8-11,25-26,29,33,44H,7,12-24H2,1-6H3,(H,38,48)(H,39,45)(H,40,50). The van der Waals surface area contributed by atoms with E-state index in [-0.39, 0.29) is 108 Å². The van der Waals surface area contributed by atoms with Crippen molar-refractivity contribution in [3.05, 3.63) is 29.8 Å². The predicted molar refractivity (Wildman–Crippen MR) is 199 cm³/mol. The molecule has 2 atom stereocenters. The topological polar surface area (TPSA) is 222 Å². The van der Waals surface area contributed by atoms with Crippen LogP contribution in [0.1, 0.15) is 53.0 Å². The molecular formula is C37H58N6O12. The van der Waals surface area contributed by atoms with E-state index in [9.17, 15) is 33.6 Å². The summed E-state index contributed by atoms with van der Waals surface area (Å²) in [4.78, 5) is 91.1. The number of hydrogen-bond acceptors (Lipinski definition) is 12. The largest absolute Gasteiger partial charge is 0.447 e. The van der Waals surface area contributed by atoms with Crippen LogP contribution in [-0.2, 0) is 49.5 Å². The highest BCUT2D eigenvalue weighted by Crippen LogP contribution is 2.26. The summed E-state index contributed by atoms with van der Waals surface area (Å²) in [6.07, 6.45) is -0.921. The van der Waals surface area contributed by atoms with Crippen molar-refractivity contribution >= 4 is 47.4 Å². The van der Waals surface area contributed by atoms with Gasteiger partial charge in [0.2, 0.25) is 29.5 Å². The summed E-state index contributed by atoms with van der Waals surface area (Å²) in [5.74, 6) is -2.18. The second-order valence-corrected chi connectivity index (χ2v) is 13.6. The van der Waals surface area contributed by atoms with Crippen molar-refractivity contribution in [2.45, 2.75) is 60.1 Å². The van der Waals surface area contributed by atoms with Gasteiger partial charge in [-0.15, -0.1) is 0 Å². The molecule has 0 aromatic heterocycles. The molecule has 1 aliphatic heterocycles. The van der Waals surface area contributed by atoms with Crippen LogP contribution in [0.5, 0.6) is 0 Å². The smallest absolute Gasteiger partial charge is 0.409 e. The number of alkyl carbamates (subject to hydrolysis) is 1. The Hall–Kier alpha value is -4.81. The van der Waals surface area contributed by atoms with Crippen LogP contribution < -0.4 is 16.0 Å². The van der Waals surface area contributed by atoms with E-state index < -0.39 is 30.0 Å². The number of amides is 7. The van der Waals surface area contributed by atoms with Crippen molar-refractivity contribution in [3.8, 4) is 0 Å². The molecule has 1 saturated heterocycles. The van der Waals surface area contributed by atoms with Crippen molar-refractivity contribution in [3.63, 3.8) is 0 Å². The number of hydrogen-bond donors (Lipinski definition) is 4. The van der Waals surface area contributed by atoms with Crippen LogP contribution in [0.4, 0.5) is 15.3 Å². The summed E-state index contributed by atoms with van der Waals surface area (Å²) >= 11 is 0. The Bertz CT molecular complexity index is 1420. The first-order valence-corrected chi connectivity index (χ1v) is 18.5. The van der Waals surface area contributed by atoms with Gasteiger partial charge in [0.25, 0.3) is 0 Å². The molecule has 18 heteroatoms. The molecule has 2 rings (SSSR count). The van der Waals surface area contributed by atoms with Crippen molar-refractivity contribution in [1.82, 2.24) is 25.3 Å². The Kier molecular flexibility index (Phi) is 20.7. The van der Waals surface area contributed by atoms with E-state index >= 15 is 0 Å². The number of aliphatic hydroxyl groups excluding tert-OH is 1. The van der Waals surface area contributed by atoms with Gasteiger partial charge in [0.05, 0.1) is 46.1 Å². The molecule has 1 aromatic rings. The lowest BCUT2D eigenvalue weighted by Crippen LogP contribution is -2.51. The zero-order valence-corrected chi connectivity index (χ0v) is 32.8. The SMILES string of the molecule is CCC(=O)N(CCOCCO)CCN(C)C(=O)OCc1ccc(NC(=O)CNC(=O)C(NC(=O)OCCOCCN2C(=O)CC(C(C)C)C2=O)C(C)C)cc1. The lowest BCUT2D eigenvalue weighted by molar-refractivity contribution is -0.140. The fourth-order valence-electron chi connectivity index (χ4n) is 5.33. The normalized spacial score (nSPS) is 14.5. The fourth-order valence-corrected chi connectivity index (χ4v) is 5.33. The molecule has 18 nitrogen and oxygen atoms in total. The second kappa shape index (κ2) is 24.6. The maximum atomic E-state index is 12.8. The van der Waals surface area contributed by atoms with Gasteiger partial charge in [0, 0.05) is 51.1 Å². The molecule has 0 bridgehead atoms. The zero-order chi connectivity index (χ0) is 40.9. The van der Waals surface area contributed by atoms with Crippen LogP contribution in [0, 0.1) is 17.8 Å². The number of likely N-dealkylation sites (N-methyl/N-ethyl adjacent to an activating group) is 1. The van der Waals surface area contributed by atoms with Crippen LogP contribution in [0.15, 0.2) is 24.3 Å². The van der Waals surface area contributed by atoms with Gasteiger partial charge in [-0.25, -0.2) is 9.59 Å². The molecule has 1 heterocycles. The summed E-state index contributed by atoms with van der Waals surface area (Å²) < 4.78 is 21.1. The van der Waals surface area contributed by atoms with Crippen LogP contribution in [0.3, 0.4) is 0 Å². The van der Waals surface area contributed by atoms with E-state index in [1.807, 2.05) is 13.8 Å². The van der Waals surface area contributed by atoms with Crippen molar-refractivity contribution in [2.24, 2.45) is 17.8 Å². The monoisotopic (exact) mass is 778 g/mol. The number of nitrogens with zero attached hydrogens (tertiary/aromatic N) is 3. The summed E-state index contributed by atoms with van der Waals surface area (Å²) in [7, 11) is 1.57. The molecule has 0 radical (unpaired) electrons. The summed E-state index contributed by atoms with van der Waals surface area (Å²) in [5.41, 5.74) is 1.11. The summed E-state index contributed by atoms with van der Waals surface area (Å²) in [5, 5.41) is 16.5. The highest BCUT2D eigenvalue weighted by atomic mass is 16.6. The second-order valence-electron chi connectivity index (χ2n) is 13.6. The molecule has 1 fully saturated rings. The Balaban J connectivity index is 1.69. The number of likely N-dealkylation sites (tertiary alicyclic amines) is 1. The minimum atomic E-state index is -0.988. The molecule has 1 aliphatic rings. The Morgan fingerprint density at radius 2 is 1.60 bits per heavy atom. The Morgan fingerprint density at radius 1 is 0.909 bits per heavy atom. The molecule has 4 N–H and O–H groups in total. The number of aliphatic hydroxyl groups is 1. The third-order valence-electron chi connectivity index (χ3n) is 8.66. The van der Waals surface area contributed by atoms with Gasteiger partial charge in [0.1, 0.15) is 19.3 Å². The van der Waals surface area contributed by atoms with Gasteiger partial charge in [-0.2, -0.15) is 0 Å². The minimum absolute atomic E-state index is 0.0205. The molecule has 0 saturated carbocycles. The van der Waals surface area contributed by atoms with Gasteiger partial charge in [-0.1, -0.05) is 46.8 Å². The first kappa shape index (κ1) is 46.3. The highest BCUT2D eigenvalue weighted by Gasteiger charge is 2.39. The molecule has 308 valence electrons. The average molecular weight is 779 g/mol.